The van der Waals surface area contributed by atoms with Gasteiger partial charge < -0.3 is 10.1 Å². The SMILES string of the molecule is CC1CCCCC1NC(=O)COC(=O)c1cccc(S(=O)(=O)NCc2ccccc2)c1. The largest absolute Gasteiger partial charge is 0.452 e. The summed E-state index contributed by atoms with van der Waals surface area (Å²) in [4.78, 5) is 24.4. The Hall–Kier alpha value is -2.71. The third-order valence-corrected chi connectivity index (χ3v) is 6.88. The zero-order chi connectivity index (χ0) is 22.3. The van der Waals surface area contributed by atoms with Crippen molar-refractivity contribution in [3.8, 4) is 0 Å². The highest BCUT2D eigenvalue weighted by Gasteiger charge is 2.23. The van der Waals surface area contributed by atoms with Crippen molar-refractivity contribution in [1.82, 2.24) is 10.0 Å². The molecule has 31 heavy (non-hydrogen) atoms. The van der Waals surface area contributed by atoms with Crippen LogP contribution in [0.4, 0.5) is 0 Å². The second kappa shape index (κ2) is 10.5. The Balaban J connectivity index is 1.56. The molecule has 2 unspecified atom stereocenters. The third kappa shape index (κ3) is 6.63. The van der Waals surface area contributed by atoms with Gasteiger partial charge in [-0.1, -0.05) is 56.2 Å². The molecule has 0 aromatic heterocycles. The van der Waals surface area contributed by atoms with Crippen LogP contribution in [0.2, 0.25) is 0 Å². The van der Waals surface area contributed by atoms with Crippen molar-refractivity contribution >= 4 is 21.9 Å². The predicted molar refractivity (Wildman–Crippen MR) is 117 cm³/mol. The molecule has 0 radical (unpaired) electrons. The van der Waals surface area contributed by atoms with Gasteiger partial charge in [0.15, 0.2) is 6.61 Å². The fourth-order valence-electron chi connectivity index (χ4n) is 3.64. The first-order valence-corrected chi connectivity index (χ1v) is 11.9. The summed E-state index contributed by atoms with van der Waals surface area (Å²) in [6.45, 7) is 1.84. The van der Waals surface area contributed by atoms with E-state index in [4.69, 9.17) is 4.74 Å². The molecule has 2 N–H and O–H groups in total. The summed E-state index contributed by atoms with van der Waals surface area (Å²) >= 11 is 0. The highest BCUT2D eigenvalue weighted by Crippen LogP contribution is 2.23. The molecule has 0 spiro atoms. The number of amides is 1. The molecule has 2 aromatic rings. The molecular formula is C23H28N2O5S. The maximum absolute atomic E-state index is 12.6. The Morgan fingerprint density at radius 3 is 2.52 bits per heavy atom. The van der Waals surface area contributed by atoms with E-state index in [1.807, 2.05) is 30.3 Å². The second-order valence-electron chi connectivity index (χ2n) is 7.85. The van der Waals surface area contributed by atoms with E-state index in [9.17, 15) is 18.0 Å². The van der Waals surface area contributed by atoms with Crippen LogP contribution in [-0.2, 0) is 26.1 Å². The lowest BCUT2D eigenvalue weighted by Crippen LogP contribution is -2.42. The Morgan fingerprint density at radius 2 is 1.77 bits per heavy atom. The van der Waals surface area contributed by atoms with Gasteiger partial charge >= 0.3 is 5.97 Å². The van der Waals surface area contributed by atoms with Crippen molar-refractivity contribution in [3.63, 3.8) is 0 Å². The fourth-order valence-corrected chi connectivity index (χ4v) is 4.70. The lowest BCUT2D eigenvalue weighted by Gasteiger charge is -2.29. The number of carbonyl (C=O) groups is 2. The first-order chi connectivity index (χ1) is 14.8. The van der Waals surface area contributed by atoms with Gasteiger partial charge in [0.2, 0.25) is 10.0 Å². The fraction of sp³-hybridized carbons (Fsp3) is 0.391. The zero-order valence-corrected chi connectivity index (χ0v) is 18.4. The normalized spacial score (nSPS) is 18.9. The van der Waals surface area contributed by atoms with Crippen LogP contribution in [0.5, 0.6) is 0 Å². The molecule has 3 rings (SSSR count). The molecule has 2 atom stereocenters. The number of carbonyl (C=O) groups excluding carboxylic acids is 2. The average Bonchev–Trinajstić information content (AvgIpc) is 2.78. The average molecular weight is 445 g/mol. The van der Waals surface area contributed by atoms with Crippen LogP contribution in [0, 0.1) is 5.92 Å². The molecule has 1 saturated carbocycles. The quantitative estimate of drug-likeness (QED) is 0.610. The molecule has 1 fully saturated rings. The van der Waals surface area contributed by atoms with Crippen LogP contribution in [-0.4, -0.2) is 32.9 Å². The zero-order valence-electron chi connectivity index (χ0n) is 17.5. The van der Waals surface area contributed by atoms with Crippen LogP contribution >= 0.6 is 0 Å². The monoisotopic (exact) mass is 444 g/mol. The molecule has 1 aliphatic rings. The van der Waals surface area contributed by atoms with Crippen molar-refractivity contribution in [2.24, 2.45) is 5.92 Å². The number of esters is 1. The number of nitrogens with one attached hydrogen (secondary N) is 2. The van der Waals surface area contributed by atoms with E-state index in [0.717, 1.165) is 24.8 Å². The van der Waals surface area contributed by atoms with E-state index in [0.29, 0.717) is 5.92 Å². The van der Waals surface area contributed by atoms with Crippen LogP contribution in [0.3, 0.4) is 0 Å². The number of benzene rings is 2. The van der Waals surface area contributed by atoms with Crippen LogP contribution in [0.1, 0.15) is 48.5 Å². The maximum Gasteiger partial charge on any atom is 0.338 e. The lowest BCUT2D eigenvalue weighted by molar-refractivity contribution is -0.125. The molecule has 7 nitrogen and oxygen atoms in total. The van der Waals surface area contributed by atoms with Gasteiger partial charge in [0, 0.05) is 12.6 Å². The third-order valence-electron chi connectivity index (χ3n) is 5.48. The van der Waals surface area contributed by atoms with Crippen LogP contribution in [0.15, 0.2) is 59.5 Å². The number of sulfonamides is 1. The molecular weight excluding hydrogens is 416 g/mol. The minimum Gasteiger partial charge on any atom is -0.452 e. The summed E-state index contributed by atoms with van der Waals surface area (Å²) in [6.07, 6.45) is 4.25. The minimum absolute atomic E-state index is 0.0432. The Bertz CT molecular complexity index is 1010. The van der Waals surface area contributed by atoms with Crippen molar-refractivity contribution in [1.29, 1.82) is 0 Å². The van der Waals surface area contributed by atoms with Crippen molar-refractivity contribution in [3.05, 3.63) is 65.7 Å². The van der Waals surface area contributed by atoms with E-state index in [2.05, 4.69) is 17.0 Å². The number of hydrogen-bond acceptors (Lipinski definition) is 5. The molecule has 166 valence electrons. The van der Waals surface area contributed by atoms with E-state index >= 15 is 0 Å². The molecule has 1 amide bonds. The summed E-state index contributed by atoms with van der Waals surface area (Å²) < 4.78 is 32.8. The predicted octanol–water partition coefficient (Wildman–Crippen LogP) is 3.02. The highest BCUT2D eigenvalue weighted by atomic mass is 32.2. The number of ether oxygens (including phenoxy) is 1. The van der Waals surface area contributed by atoms with Gasteiger partial charge in [0.25, 0.3) is 5.91 Å². The van der Waals surface area contributed by atoms with E-state index in [-0.39, 0.29) is 29.0 Å². The molecule has 0 aliphatic heterocycles. The van der Waals surface area contributed by atoms with E-state index in [1.165, 1.54) is 30.7 Å². The lowest BCUT2D eigenvalue weighted by atomic mass is 9.86. The van der Waals surface area contributed by atoms with Gasteiger partial charge in [0.1, 0.15) is 0 Å². The Kier molecular flexibility index (Phi) is 7.81. The number of hydrogen-bond donors (Lipinski definition) is 2. The second-order valence-corrected chi connectivity index (χ2v) is 9.62. The van der Waals surface area contributed by atoms with E-state index < -0.39 is 22.6 Å². The van der Waals surface area contributed by atoms with Crippen molar-refractivity contribution < 1.29 is 22.7 Å². The van der Waals surface area contributed by atoms with Gasteiger partial charge in [-0.05, 0) is 42.5 Å². The molecule has 1 aliphatic carbocycles. The smallest absolute Gasteiger partial charge is 0.338 e. The van der Waals surface area contributed by atoms with Crippen LogP contribution in [0.25, 0.3) is 0 Å². The standard InChI is InChI=1S/C23H28N2O5S/c1-17-8-5-6-13-21(17)25-22(26)16-30-23(27)19-11-7-12-20(14-19)31(28,29)24-15-18-9-3-2-4-10-18/h2-4,7,9-12,14,17,21,24H,5-6,8,13,15-16H2,1H3,(H,25,26). The van der Waals surface area contributed by atoms with Crippen LogP contribution < -0.4 is 10.0 Å². The molecule has 0 bridgehead atoms. The molecule has 2 aromatic carbocycles. The van der Waals surface area contributed by atoms with Gasteiger partial charge in [-0.15, -0.1) is 0 Å². The summed E-state index contributed by atoms with van der Waals surface area (Å²) in [5, 5.41) is 2.92. The summed E-state index contributed by atoms with van der Waals surface area (Å²) in [6, 6.07) is 14.8. The summed E-state index contributed by atoms with van der Waals surface area (Å²) in [7, 11) is -3.81. The topological polar surface area (TPSA) is 102 Å². The van der Waals surface area contributed by atoms with Gasteiger partial charge in [-0.25, -0.2) is 17.9 Å². The van der Waals surface area contributed by atoms with Crippen molar-refractivity contribution in [2.45, 2.75) is 50.1 Å². The van der Waals surface area contributed by atoms with Crippen molar-refractivity contribution in [2.75, 3.05) is 6.61 Å². The van der Waals surface area contributed by atoms with Gasteiger partial charge in [0.05, 0.1) is 10.5 Å². The van der Waals surface area contributed by atoms with Gasteiger partial charge in [-0.2, -0.15) is 0 Å². The maximum atomic E-state index is 12.6. The van der Waals surface area contributed by atoms with E-state index in [1.54, 1.807) is 0 Å². The van der Waals surface area contributed by atoms with Gasteiger partial charge in [-0.3, -0.25) is 4.79 Å². The first kappa shape index (κ1) is 23.0. The minimum atomic E-state index is -3.81. The molecule has 0 saturated heterocycles. The Morgan fingerprint density at radius 1 is 1.03 bits per heavy atom. The first-order valence-electron chi connectivity index (χ1n) is 10.5. The number of rotatable bonds is 8. The Labute approximate surface area is 183 Å². The highest BCUT2D eigenvalue weighted by molar-refractivity contribution is 7.89. The molecule has 8 heteroatoms. The summed E-state index contributed by atoms with van der Waals surface area (Å²) in [5.74, 6) is -0.689. The molecule has 0 heterocycles. The summed E-state index contributed by atoms with van der Waals surface area (Å²) in [5.41, 5.74) is 0.890.